The van der Waals surface area contributed by atoms with E-state index in [9.17, 15) is 35.9 Å². The largest absolute Gasteiger partial charge is 0.461 e. The lowest BCUT2D eigenvalue weighted by atomic mass is 10.2. The van der Waals surface area contributed by atoms with Crippen molar-refractivity contribution in [3.05, 3.63) is 71.8 Å². The van der Waals surface area contributed by atoms with Crippen molar-refractivity contribution < 1.29 is 45.4 Å². The Morgan fingerprint density at radius 3 is 1.44 bits per heavy atom. The van der Waals surface area contributed by atoms with Crippen molar-refractivity contribution >= 4 is 74.3 Å². The fraction of sp³-hybridized carbons (Fsp3) is 0.333. The van der Waals surface area contributed by atoms with Crippen LogP contribution in [0.3, 0.4) is 0 Å². The number of alkyl halides is 11. The van der Waals surface area contributed by atoms with Gasteiger partial charge in [0.2, 0.25) is 4.83 Å². The van der Waals surface area contributed by atoms with Crippen molar-refractivity contribution in [3.8, 4) is 0 Å². The van der Waals surface area contributed by atoms with Crippen LogP contribution < -0.4 is 0 Å². The average molecular weight is 669 g/mol. The van der Waals surface area contributed by atoms with E-state index in [1.807, 2.05) is 0 Å². The molecule has 2 aromatic rings. The molecule has 0 N–H and O–H groups in total. The summed E-state index contributed by atoms with van der Waals surface area (Å²) in [6.07, 6.45) is -10.7. The minimum atomic E-state index is -4.63. The molecule has 0 aromatic heterocycles. The van der Waals surface area contributed by atoms with Crippen molar-refractivity contribution in [2.24, 2.45) is 0 Å². The molecule has 15 heteroatoms. The van der Waals surface area contributed by atoms with Crippen LogP contribution >= 0.6 is 62.3 Å². The van der Waals surface area contributed by atoms with Crippen molar-refractivity contribution in [2.75, 3.05) is 0 Å². The normalized spacial score (nSPS) is 12.2. The highest BCUT2D eigenvalue weighted by Gasteiger charge is 2.44. The van der Waals surface area contributed by atoms with Crippen LogP contribution in [0.4, 0.5) is 26.3 Å². The first-order valence-electron chi connectivity index (χ1n) is 9.31. The summed E-state index contributed by atoms with van der Waals surface area (Å²) in [6.45, 7) is -0.298. The number of hydrogen-bond acceptors (Lipinski definition) is 4. The van der Waals surface area contributed by atoms with Crippen molar-refractivity contribution in [2.45, 2.75) is 40.1 Å². The third-order valence-electron chi connectivity index (χ3n) is 3.31. The summed E-state index contributed by atoms with van der Waals surface area (Å²) < 4.78 is 78.8. The van der Waals surface area contributed by atoms with E-state index in [1.54, 1.807) is 60.7 Å². The van der Waals surface area contributed by atoms with Gasteiger partial charge in [0.1, 0.15) is 19.6 Å². The predicted molar refractivity (Wildman–Crippen MR) is 128 cm³/mol. The number of hydrogen-bond donors (Lipinski definition) is 0. The molecule has 0 amide bonds. The zero-order valence-electron chi connectivity index (χ0n) is 17.8. The molecule has 0 fully saturated rings. The van der Waals surface area contributed by atoms with Crippen LogP contribution in [0.25, 0.3) is 0 Å². The quantitative estimate of drug-likeness (QED) is 0.177. The van der Waals surface area contributed by atoms with Gasteiger partial charge in [-0.15, -0.1) is 0 Å². The summed E-state index contributed by atoms with van der Waals surface area (Å²) in [5.41, 5.74) is 1.30. The summed E-state index contributed by atoms with van der Waals surface area (Å²) in [7, 11) is 0. The second-order valence-corrected chi connectivity index (χ2v) is 10.7. The first-order valence-corrected chi connectivity index (χ1v) is 11.7. The molecule has 0 saturated carbocycles. The summed E-state index contributed by atoms with van der Waals surface area (Å²) in [4.78, 5) is 19.4. The standard InChI is InChI=1S/C10H8BrF3O2.C10H9F3O2.CCl4/c11-8(10(12,13)14)9(15)16-6-7-4-2-1-3-5-7;11-10(12,13)6-9(14)15-7-8-4-2-1-3-5-8;2-1(3,4)5/h1-5,8H,6H2;1-5H,6-7H2;. The van der Waals surface area contributed by atoms with E-state index in [2.05, 4.69) is 25.4 Å². The lowest BCUT2D eigenvalue weighted by molar-refractivity contribution is -0.172. The fourth-order valence-corrected chi connectivity index (χ4v) is 2.02. The second-order valence-electron chi connectivity index (χ2n) is 6.36. The Morgan fingerprint density at radius 2 is 1.11 bits per heavy atom. The molecule has 0 heterocycles. The van der Waals surface area contributed by atoms with E-state index in [0.29, 0.717) is 11.1 Å². The van der Waals surface area contributed by atoms with E-state index >= 15 is 0 Å². The average Bonchev–Trinajstić information content (AvgIpc) is 2.74. The highest BCUT2D eigenvalue weighted by atomic mass is 79.9. The number of rotatable bonds is 6. The minimum Gasteiger partial charge on any atom is -0.461 e. The van der Waals surface area contributed by atoms with Crippen LogP contribution in [0.15, 0.2) is 60.7 Å². The Morgan fingerprint density at radius 1 is 0.750 bits per heavy atom. The lowest BCUT2D eigenvalue weighted by Crippen LogP contribution is -2.32. The van der Waals surface area contributed by atoms with Gasteiger partial charge in [-0.25, -0.2) is 0 Å². The smallest absolute Gasteiger partial charge is 0.411 e. The van der Waals surface area contributed by atoms with E-state index in [0.717, 1.165) is 0 Å². The maximum absolute atomic E-state index is 12.1. The maximum Gasteiger partial charge on any atom is 0.411 e. The minimum absolute atomic E-state index is 0.129. The van der Waals surface area contributed by atoms with Crippen LogP contribution in [-0.4, -0.2) is 32.4 Å². The lowest BCUT2D eigenvalue weighted by Gasteiger charge is -2.13. The fourth-order valence-electron chi connectivity index (χ4n) is 1.89. The molecule has 1 atom stereocenters. The molecule has 0 bridgehead atoms. The van der Waals surface area contributed by atoms with Gasteiger partial charge in [0.05, 0.1) is 0 Å². The summed E-state index contributed by atoms with van der Waals surface area (Å²) in [5, 5.41) is 0. The SMILES string of the molecule is ClC(Cl)(Cl)Cl.O=C(CC(F)(F)F)OCc1ccccc1.O=C(OCc1ccccc1)C(Br)C(F)(F)F. The summed E-state index contributed by atoms with van der Waals surface area (Å²) >= 11 is 21.5. The number of halogens is 11. The Labute approximate surface area is 230 Å². The Hall–Kier alpha value is -1.40. The molecule has 4 nitrogen and oxygen atoms in total. The van der Waals surface area contributed by atoms with Crippen molar-refractivity contribution in [3.63, 3.8) is 0 Å². The highest BCUT2D eigenvalue weighted by Crippen LogP contribution is 2.30. The molecule has 0 aliphatic heterocycles. The predicted octanol–water partition coefficient (Wildman–Crippen LogP) is 8.29. The number of ether oxygens (including phenoxy) is 2. The van der Waals surface area contributed by atoms with E-state index in [-0.39, 0.29) is 13.2 Å². The molecule has 0 saturated heterocycles. The maximum atomic E-state index is 12.1. The second kappa shape index (κ2) is 16.4. The Balaban J connectivity index is 0.000000575. The van der Waals surface area contributed by atoms with Crippen LogP contribution in [0.5, 0.6) is 0 Å². The summed E-state index contributed by atoms with van der Waals surface area (Å²) in [5.74, 6) is -2.59. The number of carbonyl (C=O) groups excluding carboxylic acids is 2. The van der Waals surface area contributed by atoms with Crippen molar-refractivity contribution in [1.29, 1.82) is 0 Å². The third-order valence-corrected chi connectivity index (χ3v) is 4.20. The van der Waals surface area contributed by atoms with Crippen LogP contribution in [-0.2, 0) is 32.3 Å². The molecular formula is C21H17BrCl4F6O4. The molecule has 0 spiro atoms. The van der Waals surface area contributed by atoms with E-state index < -0.39 is 38.8 Å². The highest BCUT2D eigenvalue weighted by molar-refractivity contribution is 9.10. The van der Waals surface area contributed by atoms with Gasteiger partial charge in [0.15, 0.2) is 0 Å². The summed E-state index contributed by atoms with van der Waals surface area (Å²) in [6, 6.07) is 17.0. The van der Waals surface area contributed by atoms with Gasteiger partial charge < -0.3 is 9.47 Å². The zero-order chi connectivity index (χ0) is 28.0. The van der Waals surface area contributed by atoms with E-state index in [4.69, 9.17) is 46.4 Å². The number of esters is 2. The van der Waals surface area contributed by atoms with Crippen LogP contribution in [0.1, 0.15) is 17.5 Å². The van der Waals surface area contributed by atoms with Gasteiger partial charge in [0.25, 0.3) is 3.25 Å². The molecule has 0 aliphatic carbocycles. The Bertz CT molecular complexity index is 905. The zero-order valence-corrected chi connectivity index (χ0v) is 22.4. The molecule has 0 aliphatic rings. The van der Waals surface area contributed by atoms with Gasteiger partial charge in [0, 0.05) is 0 Å². The van der Waals surface area contributed by atoms with Gasteiger partial charge >= 0.3 is 24.3 Å². The monoisotopic (exact) mass is 666 g/mol. The van der Waals surface area contributed by atoms with Crippen LogP contribution in [0, 0.1) is 0 Å². The number of carbonyl (C=O) groups is 2. The molecule has 1 unspecified atom stereocenters. The van der Waals surface area contributed by atoms with Gasteiger partial charge in [-0.1, -0.05) is 123 Å². The molecule has 2 aromatic carbocycles. The third kappa shape index (κ3) is 20.8. The first-order chi connectivity index (χ1) is 16.4. The molecule has 202 valence electrons. The van der Waals surface area contributed by atoms with Crippen LogP contribution in [0.2, 0.25) is 0 Å². The first kappa shape index (κ1) is 34.6. The topological polar surface area (TPSA) is 52.6 Å². The van der Waals surface area contributed by atoms with Crippen molar-refractivity contribution in [1.82, 2.24) is 0 Å². The molecule has 36 heavy (non-hydrogen) atoms. The van der Waals surface area contributed by atoms with Gasteiger partial charge in [-0.05, 0) is 11.1 Å². The van der Waals surface area contributed by atoms with Gasteiger partial charge in [-0.2, -0.15) is 26.3 Å². The number of benzene rings is 2. The van der Waals surface area contributed by atoms with E-state index in [1.165, 1.54) is 0 Å². The van der Waals surface area contributed by atoms with Gasteiger partial charge in [-0.3, -0.25) is 9.59 Å². The molecular weight excluding hydrogens is 652 g/mol. The molecule has 2 rings (SSSR count). The Kier molecular flexibility index (Phi) is 15.8. The molecule has 0 radical (unpaired) electrons.